The normalized spacial score (nSPS) is 10.8. The van der Waals surface area contributed by atoms with E-state index >= 15 is 0 Å². The quantitative estimate of drug-likeness (QED) is 0.112. The lowest BCUT2D eigenvalue weighted by molar-refractivity contribution is 0.0899. The van der Waals surface area contributed by atoms with Crippen LogP contribution in [-0.2, 0) is 15.9 Å². The summed E-state index contributed by atoms with van der Waals surface area (Å²) >= 11 is 0. The monoisotopic (exact) mass is 553 g/mol. The molecule has 0 aromatic heterocycles. The molecular weight excluding hydrogens is 502 g/mol. The molecule has 0 aliphatic rings. The Kier molecular flexibility index (Phi) is 18.1. The van der Waals surface area contributed by atoms with E-state index in [1.807, 2.05) is 24.3 Å². The van der Waals surface area contributed by atoms with Gasteiger partial charge in [0.1, 0.15) is 0 Å². The van der Waals surface area contributed by atoms with Crippen LogP contribution in [0.1, 0.15) is 115 Å². The summed E-state index contributed by atoms with van der Waals surface area (Å²) in [6, 6.07) is 16.5. The van der Waals surface area contributed by atoms with Crippen LogP contribution in [0.25, 0.3) is 11.1 Å². The van der Waals surface area contributed by atoms with Crippen molar-refractivity contribution in [2.24, 2.45) is 0 Å². The summed E-state index contributed by atoms with van der Waals surface area (Å²) in [5, 5.41) is 11.4. The van der Waals surface area contributed by atoms with Crippen LogP contribution >= 0.6 is 0 Å². The van der Waals surface area contributed by atoms with E-state index in [2.05, 4.69) is 41.2 Å². The largest absolute Gasteiger partial charge is 0.505 e. The van der Waals surface area contributed by atoms with Crippen molar-refractivity contribution in [3.05, 3.63) is 54.1 Å². The molecule has 2 N–H and O–H groups in total. The van der Waals surface area contributed by atoms with Gasteiger partial charge in [-0.25, -0.2) is 9.59 Å². The minimum atomic E-state index is -1.19. The van der Waals surface area contributed by atoms with Crippen molar-refractivity contribution in [1.29, 1.82) is 0 Å². The molecule has 0 aliphatic carbocycles. The molecule has 0 unspecified atom stereocenters. The number of carbonyl (C=O) groups excluding carboxylic acids is 1. The zero-order valence-corrected chi connectivity index (χ0v) is 24.6. The zero-order valence-electron chi connectivity index (χ0n) is 24.6. The highest BCUT2D eigenvalue weighted by molar-refractivity contribution is 5.86. The minimum Gasteiger partial charge on any atom is -0.450 e. The van der Waals surface area contributed by atoms with Crippen molar-refractivity contribution < 1.29 is 24.2 Å². The average molecular weight is 554 g/mol. The van der Waals surface area contributed by atoms with Gasteiger partial charge in [-0.05, 0) is 54.5 Å². The van der Waals surface area contributed by atoms with Crippen LogP contribution in [0, 0.1) is 0 Å². The maximum absolute atomic E-state index is 12.4. The minimum absolute atomic E-state index is 0.299. The van der Waals surface area contributed by atoms with Crippen LogP contribution in [-0.4, -0.2) is 30.6 Å². The van der Waals surface area contributed by atoms with Gasteiger partial charge < -0.3 is 14.6 Å². The number of aryl methyl sites for hydroxylation is 1. The first-order chi connectivity index (χ1) is 19.6. The first-order valence-corrected chi connectivity index (χ1v) is 15.6. The molecule has 40 heavy (non-hydrogen) atoms. The van der Waals surface area contributed by atoms with Gasteiger partial charge in [0.15, 0.2) is 0 Å². The summed E-state index contributed by atoms with van der Waals surface area (Å²) in [5.74, 6) is 0. The SMILES string of the molecule is CCCCCCCCCCOC(=O)Nc1ccc(CCCCCCCCCCOC(=O)O)c(-c2ccccc2)c1. The maximum Gasteiger partial charge on any atom is 0.505 e. The van der Waals surface area contributed by atoms with Gasteiger partial charge in [0, 0.05) is 5.69 Å². The van der Waals surface area contributed by atoms with Gasteiger partial charge in [-0.15, -0.1) is 0 Å². The lowest BCUT2D eigenvalue weighted by Crippen LogP contribution is -2.14. The molecule has 2 aromatic carbocycles. The van der Waals surface area contributed by atoms with Crippen LogP contribution < -0.4 is 5.32 Å². The highest BCUT2D eigenvalue weighted by atomic mass is 16.7. The summed E-state index contributed by atoms with van der Waals surface area (Å²) < 4.78 is 9.98. The van der Waals surface area contributed by atoms with Crippen LogP contribution in [0.2, 0.25) is 0 Å². The predicted molar refractivity (Wildman–Crippen MR) is 164 cm³/mol. The van der Waals surface area contributed by atoms with Crippen LogP contribution in [0.3, 0.4) is 0 Å². The van der Waals surface area contributed by atoms with E-state index in [9.17, 15) is 9.59 Å². The van der Waals surface area contributed by atoms with Crippen molar-refractivity contribution >= 4 is 17.9 Å². The average Bonchev–Trinajstić information content (AvgIpc) is 2.96. The standard InChI is InChI=1S/C34H51NO5/c1-2-3-4-5-6-10-13-19-26-39-33(36)35-31-25-24-30(32(28-31)29-21-17-15-18-22-29)23-16-12-9-7-8-11-14-20-27-40-34(37)38/h15,17-18,21-22,24-25,28H,2-14,16,19-20,23,26-27H2,1H3,(H,35,36)(H,37,38). The Labute approximate surface area is 241 Å². The Balaban J connectivity index is 1.72. The number of anilines is 1. The molecule has 0 atom stereocenters. The Bertz CT molecular complexity index is 947. The number of ether oxygens (including phenoxy) is 2. The summed E-state index contributed by atoms with van der Waals surface area (Å²) in [5.41, 5.74) is 4.37. The number of rotatable bonds is 22. The molecule has 6 nitrogen and oxygen atoms in total. The lowest BCUT2D eigenvalue weighted by atomic mass is 9.95. The van der Waals surface area contributed by atoms with E-state index in [1.54, 1.807) is 0 Å². The molecular formula is C34H51NO5. The molecule has 0 aliphatic heterocycles. The van der Waals surface area contributed by atoms with E-state index in [4.69, 9.17) is 9.84 Å². The molecule has 1 amide bonds. The topological polar surface area (TPSA) is 84.9 Å². The molecule has 0 saturated heterocycles. The molecule has 0 saturated carbocycles. The number of amides is 1. The Morgan fingerprint density at radius 2 is 1.23 bits per heavy atom. The van der Waals surface area contributed by atoms with E-state index in [0.29, 0.717) is 13.2 Å². The second-order valence-electron chi connectivity index (χ2n) is 10.7. The number of carboxylic acid groups (broad SMARTS) is 1. The third-order valence-electron chi connectivity index (χ3n) is 7.24. The van der Waals surface area contributed by atoms with Crippen molar-refractivity contribution in [3.63, 3.8) is 0 Å². The van der Waals surface area contributed by atoms with Gasteiger partial charge >= 0.3 is 12.2 Å². The summed E-state index contributed by atoms with van der Waals surface area (Å²) in [6.45, 7) is 3.00. The van der Waals surface area contributed by atoms with Crippen molar-refractivity contribution in [2.75, 3.05) is 18.5 Å². The third kappa shape index (κ3) is 15.5. The molecule has 2 aromatic rings. The summed E-state index contributed by atoms with van der Waals surface area (Å²) in [7, 11) is 0. The number of hydrogen-bond acceptors (Lipinski definition) is 4. The molecule has 0 bridgehead atoms. The van der Waals surface area contributed by atoms with E-state index < -0.39 is 6.16 Å². The van der Waals surface area contributed by atoms with Crippen molar-refractivity contribution in [1.82, 2.24) is 0 Å². The highest BCUT2D eigenvalue weighted by Gasteiger charge is 2.10. The number of carbonyl (C=O) groups is 2. The fraction of sp³-hybridized carbons (Fsp3) is 0.588. The Hall–Kier alpha value is -3.02. The molecule has 0 spiro atoms. The van der Waals surface area contributed by atoms with Crippen LogP contribution in [0.4, 0.5) is 15.3 Å². The molecule has 0 fully saturated rings. The van der Waals surface area contributed by atoms with Gasteiger partial charge in [0.05, 0.1) is 13.2 Å². The van der Waals surface area contributed by atoms with Gasteiger partial charge in [-0.3, -0.25) is 5.32 Å². The number of benzene rings is 2. The van der Waals surface area contributed by atoms with Crippen LogP contribution in [0.5, 0.6) is 0 Å². The Morgan fingerprint density at radius 1 is 0.675 bits per heavy atom. The van der Waals surface area contributed by atoms with Gasteiger partial charge in [-0.2, -0.15) is 0 Å². The second kappa shape index (κ2) is 21.8. The van der Waals surface area contributed by atoms with Crippen molar-refractivity contribution in [3.8, 4) is 11.1 Å². The maximum atomic E-state index is 12.4. The number of hydrogen-bond donors (Lipinski definition) is 2. The summed E-state index contributed by atoms with van der Waals surface area (Å²) in [4.78, 5) is 22.7. The highest BCUT2D eigenvalue weighted by Crippen LogP contribution is 2.29. The van der Waals surface area contributed by atoms with E-state index in [-0.39, 0.29) is 6.09 Å². The zero-order chi connectivity index (χ0) is 28.7. The first kappa shape index (κ1) is 33.2. The molecule has 0 radical (unpaired) electrons. The molecule has 0 heterocycles. The third-order valence-corrected chi connectivity index (χ3v) is 7.24. The van der Waals surface area contributed by atoms with Gasteiger partial charge in [0.2, 0.25) is 0 Å². The molecule has 6 heteroatoms. The second-order valence-corrected chi connectivity index (χ2v) is 10.7. The van der Waals surface area contributed by atoms with Gasteiger partial charge in [-0.1, -0.05) is 127 Å². The van der Waals surface area contributed by atoms with Crippen LogP contribution in [0.15, 0.2) is 48.5 Å². The first-order valence-electron chi connectivity index (χ1n) is 15.6. The lowest BCUT2D eigenvalue weighted by Gasteiger charge is -2.14. The number of nitrogens with one attached hydrogen (secondary N) is 1. The van der Waals surface area contributed by atoms with Gasteiger partial charge in [0.25, 0.3) is 0 Å². The molecule has 222 valence electrons. The Morgan fingerprint density at radius 3 is 1.82 bits per heavy atom. The fourth-order valence-corrected chi connectivity index (χ4v) is 4.95. The fourth-order valence-electron chi connectivity index (χ4n) is 4.95. The van der Waals surface area contributed by atoms with E-state index in [1.165, 1.54) is 69.8 Å². The predicted octanol–water partition coefficient (Wildman–Crippen LogP) is 10.4. The van der Waals surface area contributed by atoms with Crippen molar-refractivity contribution in [2.45, 2.75) is 116 Å². The summed E-state index contributed by atoms with van der Waals surface area (Å²) in [6.07, 6.45) is 18.0. The molecule has 2 rings (SSSR count). The smallest absolute Gasteiger partial charge is 0.450 e. The number of unbranched alkanes of at least 4 members (excludes halogenated alkanes) is 14. The van der Waals surface area contributed by atoms with E-state index in [0.717, 1.165) is 61.8 Å².